The lowest BCUT2D eigenvalue weighted by molar-refractivity contribution is -0.119. The second-order valence-corrected chi connectivity index (χ2v) is 3.74. The van der Waals surface area contributed by atoms with Gasteiger partial charge in [0.05, 0.1) is 0 Å². The number of primary amides is 2. The second-order valence-electron chi connectivity index (χ2n) is 3.74. The van der Waals surface area contributed by atoms with Crippen molar-refractivity contribution in [1.29, 1.82) is 0 Å². The van der Waals surface area contributed by atoms with Crippen molar-refractivity contribution < 1.29 is 9.59 Å². The molecule has 0 aliphatic carbocycles. The van der Waals surface area contributed by atoms with Gasteiger partial charge < -0.3 is 11.5 Å². The van der Waals surface area contributed by atoms with Crippen molar-refractivity contribution in [1.82, 2.24) is 0 Å². The minimum absolute atomic E-state index is 0.255. The van der Waals surface area contributed by atoms with E-state index in [0.717, 1.165) is 37.7 Å². The van der Waals surface area contributed by atoms with Crippen LogP contribution in [-0.4, -0.2) is 11.8 Å². The van der Waals surface area contributed by atoms with Crippen LogP contribution < -0.4 is 11.5 Å². The summed E-state index contributed by atoms with van der Waals surface area (Å²) in [7, 11) is 0. The van der Waals surface area contributed by atoms with Crippen molar-refractivity contribution in [2.45, 2.75) is 44.9 Å². The van der Waals surface area contributed by atoms with Crippen molar-refractivity contribution >= 4 is 11.8 Å². The highest BCUT2D eigenvalue weighted by atomic mass is 16.1. The summed E-state index contributed by atoms with van der Waals surface area (Å²) in [6.45, 7) is 3.90. The molecule has 15 heavy (non-hydrogen) atoms. The van der Waals surface area contributed by atoms with Crippen LogP contribution in [0.1, 0.15) is 44.9 Å². The summed E-state index contributed by atoms with van der Waals surface area (Å²) < 4.78 is 0. The molecule has 0 aromatic carbocycles. The van der Waals surface area contributed by atoms with Crippen molar-refractivity contribution in [3.05, 3.63) is 12.2 Å². The zero-order valence-corrected chi connectivity index (χ0v) is 9.13. The molecule has 0 rings (SSSR count). The summed E-state index contributed by atoms with van der Waals surface area (Å²) in [5.41, 5.74) is 11.1. The van der Waals surface area contributed by atoms with Crippen molar-refractivity contribution in [2.24, 2.45) is 11.5 Å². The summed E-state index contributed by atoms with van der Waals surface area (Å²) in [4.78, 5) is 20.9. The Labute approximate surface area is 90.7 Å². The number of unbranched alkanes of at least 4 members (excludes halogenated alkanes) is 1. The van der Waals surface area contributed by atoms with Gasteiger partial charge in [0.25, 0.3) is 0 Å². The molecule has 4 nitrogen and oxygen atoms in total. The van der Waals surface area contributed by atoms with Gasteiger partial charge in [-0.15, -0.1) is 0 Å². The number of hydrogen-bond acceptors (Lipinski definition) is 2. The van der Waals surface area contributed by atoms with Gasteiger partial charge >= 0.3 is 0 Å². The van der Waals surface area contributed by atoms with E-state index >= 15 is 0 Å². The maximum atomic E-state index is 10.5. The van der Waals surface area contributed by atoms with Gasteiger partial charge in [0.1, 0.15) is 0 Å². The van der Waals surface area contributed by atoms with Gasteiger partial charge in [-0.3, -0.25) is 9.59 Å². The largest absolute Gasteiger partial charge is 0.370 e. The van der Waals surface area contributed by atoms with E-state index < -0.39 is 0 Å². The summed E-state index contributed by atoms with van der Waals surface area (Å²) in [6, 6.07) is 0. The highest BCUT2D eigenvalue weighted by Crippen LogP contribution is 2.13. The first-order valence-corrected chi connectivity index (χ1v) is 5.25. The van der Waals surface area contributed by atoms with Gasteiger partial charge in [-0.05, 0) is 32.1 Å². The first kappa shape index (κ1) is 13.7. The van der Waals surface area contributed by atoms with E-state index in [0.29, 0.717) is 12.8 Å². The van der Waals surface area contributed by atoms with Gasteiger partial charge in [0.15, 0.2) is 0 Å². The predicted molar refractivity (Wildman–Crippen MR) is 59.8 cm³/mol. The molecular formula is C11H20N2O2. The lowest BCUT2D eigenvalue weighted by Crippen LogP contribution is -2.10. The Hall–Kier alpha value is -1.32. The molecular weight excluding hydrogens is 192 g/mol. The van der Waals surface area contributed by atoms with Crippen LogP contribution in [0.3, 0.4) is 0 Å². The van der Waals surface area contributed by atoms with Crippen LogP contribution in [0.2, 0.25) is 0 Å². The number of carbonyl (C=O) groups is 2. The number of carbonyl (C=O) groups excluding carboxylic acids is 2. The molecule has 0 unspecified atom stereocenters. The number of allylic oxidation sites excluding steroid dienone is 1. The molecule has 0 aromatic rings. The van der Waals surface area contributed by atoms with Gasteiger partial charge in [-0.25, -0.2) is 0 Å². The van der Waals surface area contributed by atoms with Crippen molar-refractivity contribution in [2.75, 3.05) is 0 Å². The quantitative estimate of drug-likeness (QED) is 0.445. The Morgan fingerprint density at radius 1 is 0.800 bits per heavy atom. The fraction of sp³-hybridized carbons (Fsp3) is 0.636. The van der Waals surface area contributed by atoms with E-state index in [2.05, 4.69) is 6.58 Å². The van der Waals surface area contributed by atoms with Crippen LogP contribution in [0.15, 0.2) is 12.2 Å². The Morgan fingerprint density at radius 2 is 1.20 bits per heavy atom. The Balaban J connectivity index is 3.33. The molecule has 0 bridgehead atoms. The summed E-state index contributed by atoms with van der Waals surface area (Å²) in [6.07, 6.45) is 5.09. The molecule has 0 fully saturated rings. The highest BCUT2D eigenvalue weighted by Gasteiger charge is 1.99. The predicted octanol–water partition coefficient (Wildman–Crippen LogP) is 1.24. The van der Waals surface area contributed by atoms with Crippen molar-refractivity contribution in [3.8, 4) is 0 Å². The number of nitrogens with two attached hydrogens (primary N) is 2. The zero-order valence-electron chi connectivity index (χ0n) is 9.13. The van der Waals surface area contributed by atoms with Gasteiger partial charge in [0.2, 0.25) is 11.8 Å². The summed E-state index contributed by atoms with van der Waals surface area (Å²) in [5, 5.41) is 0. The Kier molecular flexibility index (Phi) is 7.32. The topological polar surface area (TPSA) is 86.2 Å². The molecule has 0 saturated carbocycles. The Morgan fingerprint density at radius 3 is 1.73 bits per heavy atom. The molecule has 0 radical (unpaired) electrons. The molecule has 0 aliphatic heterocycles. The molecule has 2 amide bonds. The van der Waals surface area contributed by atoms with Crippen LogP contribution >= 0.6 is 0 Å². The third-order valence-electron chi connectivity index (χ3n) is 2.16. The average Bonchev–Trinajstić information content (AvgIpc) is 2.11. The smallest absolute Gasteiger partial charge is 0.217 e. The lowest BCUT2D eigenvalue weighted by atomic mass is 10.0. The number of hydrogen-bond donors (Lipinski definition) is 2. The zero-order chi connectivity index (χ0) is 11.7. The molecule has 86 valence electrons. The molecule has 0 atom stereocenters. The van der Waals surface area contributed by atoms with Gasteiger partial charge in [0, 0.05) is 12.8 Å². The molecule has 0 heterocycles. The van der Waals surface area contributed by atoms with E-state index in [1.54, 1.807) is 0 Å². The van der Waals surface area contributed by atoms with Crippen LogP contribution in [0, 0.1) is 0 Å². The summed E-state index contributed by atoms with van der Waals surface area (Å²) in [5.74, 6) is -0.522. The van der Waals surface area contributed by atoms with E-state index in [1.165, 1.54) is 0 Å². The van der Waals surface area contributed by atoms with Gasteiger partial charge in [-0.2, -0.15) is 0 Å². The molecule has 4 N–H and O–H groups in total. The van der Waals surface area contributed by atoms with Crippen LogP contribution in [0.4, 0.5) is 0 Å². The maximum Gasteiger partial charge on any atom is 0.217 e. The third-order valence-corrected chi connectivity index (χ3v) is 2.16. The Bertz CT molecular complexity index is 237. The van der Waals surface area contributed by atoms with E-state index in [1.807, 2.05) is 0 Å². The van der Waals surface area contributed by atoms with E-state index in [9.17, 15) is 9.59 Å². The number of amides is 2. The fourth-order valence-corrected chi connectivity index (χ4v) is 1.31. The highest BCUT2D eigenvalue weighted by molar-refractivity contribution is 5.73. The van der Waals surface area contributed by atoms with Crippen LogP contribution in [0.5, 0.6) is 0 Å². The van der Waals surface area contributed by atoms with Crippen molar-refractivity contribution in [3.63, 3.8) is 0 Å². The molecule has 4 heteroatoms. The lowest BCUT2D eigenvalue weighted by Gasteiger charge is -2.03. The third kappa shape index (κ3) is 10.6. The molecule has 0 saturated heterocycles. The number of rotatable bonds is 9. The average molecular weight is 212 g/mol. The normalized spacial score (nSPS) is 9.87. The summed E-state index contributed by atoms with van der Waals surface area (Å²) >= 11 is 0. The molecule has 0 spiro atoms. The van der Waals surface area contributed by atoms with Gasteiger partial charge in [-0.1, -0.05) is 12.2 Å². The minimum atomic E-state index is -0.267. The SMILES string of the molecule is C=C(CCCCC(N)=O)CCCC(N)=O. The molecule has 0 aromatic heterocycles. The second kappa shape index (κ2) is 8.03. The van der Waals surface area contributed by atoms with E-state index in [4.69, 9.17) is 11.5 Å². The maximum absolute atomic E-state index is 10.5. The first-order valence-electron chi connectivity index (χ1n) is 5.25. The fourth-order valence-electron chi connectivity index (χ4n) is 1.31. The standard InChI is InChI=1S/C11H20N2O2/c1-9(6-4-8-11(13)15)5-2-3-7-10(12)14/h1-8H2,(H2,12,14)(H2,13,15). The first-order chi connectivity index (χ1) is 7.02. The monoisotopic (exact) mass is 212 g/mol. The van der Waals surface area contributed by atoms with Crippen LogP contribution in [0.25, 0.3) is 0 Å². The van der Waals surface area contributed by atoms with Crippen LogP contribution in [-0.2, 0) is 9.59 Å². The van der Waals surface area contributed by atoms with E-state index in [-0.39, 0.29) is 11.8 Å². The molecule has 0 aliphatic rings. The minimum Gasteiger partial charge on any atom is -0.370 e.